The number of aromatic nitrogens is 2. The number of carbonyl (C=O) groups is 2. The van der Waals surface area contributed by atoms with E-state index in [2.05, 4.69) is 14.5 Å². The summed E-state index contributed by atoms with van der Waals surface area (Å²) in [6.07, 6.45) is 2.06. The Morgan fingerprint density at radius 3 is 2.53 bits per heavy atom. The number of thioether (sulfide) groups is 1. The van der Waals surface area contributed by atoms with Crippen molar-refractivity contribution in [3.05, 3.63) is 58.0 Å². The molecule has 0 saturated carbocycles. The van der Waals surface area contributed by atoms with Crippen LogP contribution >= 0.6 is 19.6 Å². The van der Waals surface area contributed by atoms with Crippen molar-refractivity contribution in [1.82, 2.24) is 14.9 Å². The number of benzene rings is 1. The van der Waals surface area contributed by atoms with E-state index in [1.165, 1.54) is 11.1 Å². The maximum atomic E-state index is 12.9. The van der Waals surface area contributed by atoms with Crippen LogP contribution in [-0.4, -0.2) is 49.4 Å². The number of rotatable bonds is 12. The molecular weight excluding hydrogens is 483 g/mol. The number of nitrogen functional groups attached to an aromatic ring is 1. The summed E-state index contributed by atoms with van der Waals surface area (Å²) in [5.74, 6) is 1.32. The first kappa shape index (κ1) is 27.5. The molecule has 1 heterocycles. The number of allylic oxidation sites excluding steroid dienone is 1. The lowest BCUT2D eigenvalue weighted by molar-refractivity contribution is -0.116. The molecule has 13 heteroatoms. The number of amides is 1. The molecule has 1 amide bonds. The number of aryl methyl sites for hydroxylation is 1. The van der Waals surface area contributed by atoms with Crippen LogP contribution in [0.3, 0.4) is 0 Å². The minimum Gasteiger partial charge on any atom is -0.494 e. The van der Waals surface area contributed by atoms with Crippen molar-refractivity contribution >= 4 is 36.9 Å². The maximum Gasteiger partial charge on any atom is 0.469 e. The predicted molar refractivity (Wildman–Crippen MR) is 128 cm³/mol. The Hall–Kier alpha value is -2.76. The third kappa shape index (κ3) is 8.54. The van der Waals surface area contributed by atoms with Gasteiger partial charge in [0.25, 0.3) is 0 Å². The fraction of sp³-hybridized carbons (Fsp3) is 0.333. The lowest BCUT2D eigenvalue weighted by Gasteiger charge is -2.22. The normalized spacial score (nSPS) is 12.1. The molecule has 2 rings (SSSR count). The third-order valence-electron chi connectivity index (χ3n) is 4.53. The Bertz CT molecular complexity index is 1090. The van der Waals surface area contributed by atoms with E-state index in [9.17, 15) is 14.2 Å². The van der Waals surface area contributed by atoms with Gasteiger partial charge in [-0.1, -0.05) is 0 Å². The van der Waals surface area contributed by atoms with Gasteiger partial charge in [0, 0.05) is 34.3 Å². The Balaban J connectivity index is 2.30. The summed E-state index contributed by atoms with van der Waals surface area (Å²) in [7, 11) is -4.70. The van der Waals surface area contributed by atoms with Gasteiger partial charge in [-0.15, -0.1) is 0 Å². The highest BCUT2D eigenvalue weighted by molar-refractivity contribution is 8.17. The van der Waals surface area contributed by atoms with Crippen LogP contribution in [0.2, 0.25) is 0 Å². The quantitative estimate of drug-likeness (QED) is 0.284. The molecule has 0 spiro atoms. The van der Waals surface area contributed by atoms with Crippen LogP contribution in [0.25, 0.3) is 0 Å². The zero-order valence-electron chi connectivity index (χ0n) is 19.0. The van der Waals surface area contributed by atoms with E-state index >= 15 is 0 Å². The average molecular weight is 511 g/mol. The number of carbonyl (C=O) groups excluding carboxylic acids is 2. The van der Waals surface area contributed by atoms with E-state index in [0.29, 0.717) is 46.3 Å². The zero-order chi connectivity index (χ0) is 25.3. The Morgan fingerprint density at radius 2 is 1.97 bits per heavy atom. The van der Waals surface area contributed by atoms with Gasteiger partial charge in [-0.25, -0.2) is 14.5 Å². The SMILES string of the molecule is CCOc1ccc(C(=O)SC(CCOP(=O)(O)O)=C(C)N(C=O)Cc2cnc(C)nc2N)cc1. The highest BCUT2D eigenvalue weighted by Gasteiger charge is 2.20. The van der Waals surface area contributed by atoms with Crippen LogP contribution in [0.15, 0.2) is 41.1 Å². The first-order chi connectivity index (χ1) is 16.0. The molecule has 184 valence electrons. The molecule has 0 bridgehead atoms. The second-order valence-corrected chi connectivity index (χ2v) is 9.30. The minimum absolute atomic E-state index is 0.0192. The first-order valence-corrected chi connectivity index (χ1v) is 12.5. The van der Waals surface area contributed by atoms with Gasteiger partial charge in [0.15, 0.2) is 0 Å². The number of ether oxygens (including phenoxy) is 1. The molecule has 0 aliphatic heterocycles. The summed E-state index contributed by atoms with van der Waals surface area (Å²) < 4.78 is 21.0. The predicted octanol–water partition coefficient (Wildman–Crippen LogP) is 3.03. The van der Waals surface area contributed by atoms with Gasteiger partial charge in [0.05, 0.1) is 19.8 Å². The van der Waals surface area contributed by atoms with Crippen LogP contribution in [0.5, 0.6) is 5.75 Å². The van der Waals surface area contributed by atoms with Crippen LogP contribution in [0.1, 0.15) is 42.0 Å². The van der Waals surface area contributed by atoms with Gasteiger partial charge < -0.3 is 25.2 Å². The van der Waals surface area contributed by atoms with Gasteiger partial charge >= 0.3 is 7.82 Å². The Kier molecular flexibility index (Phi) is 10.2. The Labute approximate surface area is 201 Å². The topological polar surface area (TPSA) is 165 Å². The van der Waals surface area contributed by atoms with Gasteiger partial charge in [-0.05, 0) is 56.8 Å². The Morgan fingerprint density at radius 1 is 1.29 bits per heavy atom. The van der Waals surface area contributed by atoms with Crippen molar-refractivity contribution in [3.8, 4) is 5.75 Å². The molecular formula is C21H27N4O7PS. The monoisotopic (exact) mass is 510 g/mol. The number of hydrogen-bond acceptors (Lipinski definition) is 9. The highest BCUT2D eigenvalue weighted by atomic mass is 32.2. The van der Waals surface area contributed by atoms with Crippen molar-refractivity contribution < 1.29 is 33.2 Å². The van der Waals surface area contributed by atoms with E-state index in [4.69, 9.17) is 20.3 Å². The third-order valence-corrected chi connectivity index (χ3v) is 6.21. The molecule has 0 radical (unpaired) electrons. The fourth-order valence-electron chi connectivity index (χ4n) is 2.80. The first-order valence-electron chi connectivity index (χ1n) is 10.2. The van der Waals surface area contributed by atoms with Gasteiger partial charge in [-0.2, -0.15) is 0 Å². The van der Waals surface area contributed by atoms with Crippen LogP contribution in [-0.2, 0) is 20.4 Å². The number of phosphoric ester groups is 1. The summed E-state index contributed by atoms with van der Waals surface area (Å²) in [6, 6.07) is 6.56. The fourth-order valence-corrected chi connectivity index (χ4v) is 4.06. The van der Waals surface area contributed by atoms with Crippen molar-refractivity contribution in [3.63, 3.8) is 0 Å². The van der Waals surface area contributed by atoms with Gasteiger partial charge in [-0.3, -0.25) is 14.1 Å². The zero-order valence-corrected chi connectivity index (χ0v) is 20.7. The average Bonchev–Trinajstić information content (AvgIpc) is 2.77. The highest BCUT2D eigenvalue weighted by Crippen LogP contribution is 2.37. The van der Waals surface area contributed by atoms with E-state index in [0.717, 1.165) is 11.8 Å². The summed E-state index contributed by atoms with van der Waals surface area (Å²) in [6.45, 7) is 5.33. The smallest absolute Gasteiger partial charge is 0.469 e. The van der Waals surface area contributed by atoms with E-state index in [1.807, 2.05) is 6.92 Å². The number of nitrogens with two attached hydrogens (primary N) is 1. The molecule has 11 nitrogen and oxygen atoms in total. The molecule has 0 unspecified atom stereocenters. The molecule has 2 aromatic rings. The van der Waals surface area contributed by atoms with Crippen molar-refractivity contribution in [2.75, 3.05) is 18.9 Å². The second kappa shape index (κ2) is 12.6. The van der Waals surface area contributed by atoms with E-state index < -0.39 is 7.82 Å². The molecule has 0 saturated heterocycles. The standard InChI is InChI=1S/C21H27N4O7PS/c1-4-31-18-7-5-16(6-8-18)21(27)34-19(9-10-32-33(28,29)30)14(2)25(13-26)12-17-11-23-15(3)24-20(17)22/h5-8,11,13H,4,9-10,12H2,1-3H3,(H2,22,23,24)(H2,28,29,30). The molecule has 0 fully saturated rings. The molecule has 1 aromatic carbocycles. The number of hydrogen-bond donors (Lipinski definition) is 3. The van der Waals surface area contributed by atoms with Crippen LogP contribution in [0, 0.1) is 6.92 Å². The molecule has 34 heavy (non-hydrogen) atoms. The number of anilines is 1. The molecule has 1 aromatic heterocycles. The maximum absolute atomic E-state index is 12.9. The lowest BCUT2D eigenvalue weighted by atomic mass is 10.2. The molecule has 0 aliphatic carbocycles. The number of phosphoric acid groups is 1. The van der Waals surface area contributed by atoms with Crippen molar-refractivity contribution in [1.29, 1.82) is 0 Å². The van der Waals surface area contributed by atoms with Gasteiger partial charge in [0.1, 0.15) is 17.4 Å². The molecule has 0 aliphatic rings. The van der Waals surface area contributed by atoms with Crippen molar-refractivity contribution in [2.45, 2.75) is 33.7 Å². The van der Waals surface area contributed by atoms with E-state index in [-0.39, 0.29) is 30.5 Å². The second-order valence-electron chi connectivity index (χ2n) is 6.99. The van der Waals surface area contributed by atoms with Gasteiger partial charge in [0.2, 0.25) is 11.5 Å². The van der Waals surface area contributed by atoms with Crippen LogP contribution < -0.4 is 10.5 Å². The summed E-state index contributed by atoms with van der Waals surface area (Å²) in [5.41, 5.74) is 7.23. The largest absolute Gasteiger partial charge is 0.494 e. The van der Waals surface area contributed by atoms with Crippen LogP contribution in [0.4, 0.5) is 5.82 Å². The van der Waals surface area contributed by atoms with Crippen molar-refractivity contribution in [2.24, 2.45) is 0 Å². The molecule has 4 N–H and O–H groups in total. The minimum atomic E-state index is -4.70. The summed E-state index contributed by atoms with van der Waals surface area (Å²) in [4.78, 5) is 52.6. The van der Waals surface area contributed by atoms with E-state index in [1.54, 1.807) is 38.1 Å². The molecule has 0 atom stereocenters. The lowest BCUT2D eigenvalue weighted by Crippen LogP contribution is -2.22. The summed E-state index contributed by atoms with van der Waals surface area (Å²) >= 11 is 0.840. The summed E-state index contributed by atoms with van der Waals surface area (Å²) in [5, 5.41) is -0.322. The number of nitrogens with zero attached hydrogens (tertiary/aromatic N) is 3.